The number of hydrogen-bond acceptors (Lipinski definition) is 27. The molecule has 5 N–H and O–H groups in total. The zero-order chi connectivity index (χ0) is 71.7. The lowest BCUT2D eigenvalue weighted by atomic mass is 10.3. The third-order valence-corrected chi connectivity index (χ3v) is 20.7. The van der Waals surface area contributed by atoms with E-state index in [1.165, 1.54) is 98.9 Å². The molecule has 36 heteroatoms. The standard InChI is InChI=1S/C11H13ClN4S.2C11H14N4OS.C10H11N3O2S.2C10H11N3OS2/c1-7-4-8(2)15-11(14-7)17-6-10-13-5-9(12)16(10)3;1-7-4-10(16)14-11(13-7)17-6-9-5-12-15(3)8(9)2;1-3-15-7-12-5-9(15)6-17-11-13-8(2)4-10(16)14-11;1-6-3-9(14)13-10(11-6)16-5-8-4-15-7(2)12-8;1-6-3-9(14)13-10(12-6)15-5-8-4-11-7(2)16-8;1-6-3-8(14)13-10(12-6)15-5-9-11-4-7(2)16-9/h4-5H,6H2,1-3H3;4-5H,6H2,1-3H3,(H,13,14,16);4-5,7H,3,6H2,1-2H3,(H,13,14,16);3-4H,5H2,1-2H3,(H,11,13,14);2*3-4H,5H2,1-2H3,(H,12,13,14). The molecule has 0 atom stereocenters. The van der Waals surface area contributed by atoms with Crippen LogP contribution < -0.4 is 27.8 Å². The minimum Gasteiger partial charge on any atom is -0.449 e. The first-order valence-corrected chi connectivity index (χ1v) is 38.0. The molecule has 0 unspecified atom stereocenters. The Morgan fingerprint density at radius 1 is 0.495 bits per heavy atom. The molecule has 12 heterocycles. The third kappa shape index (κ3) is 27.6. The maximum absolute atomic E-state index is 11.3. The summed E-state index contributed by atoms with van der Waals surface area (Å²) in [5.74, 6) is 5.94. The molecule has 12 rings (SSSR count). The van der Waals surface area contributed by atoms with Crippen LogP contribution in [0, 0.1) is 76.2 Å². The molecule has 12 aromatic heterocycles. The van der Waals surface area contributed by atoms with E-state index >= 15 is 0 Å². The Morgan fingerprint density at radius 3 is 1.39 bits per heavy atom. The summed E-state index contributed by atoms with van der Waals surface area (Å²) in [6.07, 6.45) is 12.5. The fraction of sp³-hybridized carbons (Fsp3) is 0.333. The number of imidazole rings is 2. The van der Waals surface area contributed by atoms with Crippen LogP contribution in [0.3, 0.4) is 0 Å². The number of aromatic nitrogens is 21. The average molecular weight is 1510 g/mol. The van der Waals surface area contributed by atoms with Gasteiger partial charge in [0, 0.05) is 166 Å². The van der Waals surface area contributed by atoms with Gasteiger partial charge in [-0.1, -0.05) is 82.2 Å². The van der Waals surface area contributed by atoms with E-state index in [1.54, 1.807) is 60.7 Å². The zero-order valence-electron chi connectivity index (χ0n) is 56.7. The van der Waals surface area contributed by atoms with Gasteiger partial charge >= 0.3 is 0 Å². The summed E-state index contributed by atoms with van der Waals surface area (Å²) in [4.78, 5) is 123. The third-order valence-electron chi connectivity index (χ3n) is 12.8. The molecule has 0 aliphatic carbocycles. The number of thioether (sulfide) groups is 6. The summed E-state index contributed by atoms with van der Waals surface area (Å²) in [7, 11) is 3.81. The maximum atomic E-state index is 11.3. The van der Waals surface area contributed by atoms with Gasteiger partial charge in [-0.25, -0.2) is 59.8 Å². The quantitative estimate of drug-likeness (QED) is 0.0371. The van der Waals surface area contributed by atoms with Crippen LogP contribution in [0.1, 0.15) is 101 Å². The van der Waals surface area contributed by atoms with E-state index in [-0.39, 0.29) is 27.8 Å². The number of aromatic amines is 5. The topological polar surface area (TPSA) is 360 Å². The van der Waals surface area contributed by atoms with Crippen molar-refractivity contribution in [3.05, 3.63) is 231 Å². The van der Waals surface area contributed by atoms with Crippen molar-refractivity contribution in [3.8, 4) is 0 Å². The fourth-order valence-corrected chi connectivity index (χ4v) is 15.3. The lowest BCUT2D eigenvalue weighted by Gasteiger charge is -2.04. The summed E-state index contributed by atoms with van der Waals surface area (Å²) in [6, 6.07) is 9.37. The largest absolute Gasteiger partial charge is 0.449 e. The Morgan fingerprint density at radius 2 is 0.980 bits per heavy atom. The highest BCUT2D eigenvalue weighted by Crippen LogP contribution is 2.26. The van der Waals surface area contributed by atoms with Crippen molar-refractivity contribution in [2.24, 2.45) is 14.1 Å². The number of halogens is 1. The predicted octanol–water partition coefficient (Wildman–Crippen LogP) is 11.7. The molecule has 0 spiro atoms. The number of hydrogen-bond donors (Lipinski definition) is 5. The molecule has 0 radical (unpaired) electrons. The monoisotopic (exact) mass is 1510 g/mol. The molecule has 0 aliphatic heterocycles. The number of aryl methyl sites for hydroxylation is 12. The van der Waals surface area contributed by atoms with Crippen LogP contribution in [0.25, 0.3) is 0 Å². The molecule has 0 saturated heterocycles. The second-order valence-corrected chi connectivity index (χ2v) is 30.1. The van der Waals surface area contributed by atoms with Crippen LogP contribution >= 0.6 is 105 Å². The van der Waals surface area contributed by atoms with Crippen molar-refractivity contribution < 1.29 is 4.42 Å². The molecular formula is C63H74ClN21O6S8. The zero-order valence-corrected chi connectivity index (χ0v) is 64.0. The Hall–Kier alpha value is -8.03. The van der Waals surface area contributed by atoms with Crippen LogP contribution in [-0.4, -0.2) is 104 Å². The molecule has 27 nitrogen and oxygen atoms in total. The lowest BCUT2D eigenvalue weighted by molar-refractivity contribution is 0.521. The van der Waals surface area contributed by atoms with Gasteiger partial charge in [0.25, 0.3) is 27.8 Å². The average Bonchev–Trinajstić information content (AvgIpc) is 1.81. The maximum Gasteiger partial charge on any atom is 0.251 e. The lowest BCUT2D eigenvalue weighted by Crippen LogP contribution is -2.08. The smallest absolute Gasteiger partial charge is 0.251 e. The van der Waals surface area contributed by atoms with Crippen molar-refractivity contribution >= 4 is 105 Å². The molecule has 0 bridgehead atoms. The summed E-state index contributed by atoms with van der Waals surface area (Å²) < 4.78 is 10.8. The molecule has 0 fully saturated rings. The Kier molecular flexibility index (Phi) is 30.9. The number of rotatable bonds is 19. The van der Waals surface area contributed by atoms with Gasteiger partial charge in [-0.15, -0.1) is 22.7 Å². The number of nitrogens with one attached hydrogen (secondary N) is 5. The fourth-order valence-electron chi connectivity index (χ4n) is 8.10. The van der Waals surface area contributed by atoms with Gasteiger partial charge in [0.2, 0.25) is 0 Å². The second-order valence-electron chi connectivity index (χ2n) is 21.3. The van der Waals surface area contributed by atoms with Crippen molar-refractivity contribution in [1.82, 2.24) is 104 Å². The minimum absolute atomic E-state index is 0.101. The van der Waals surface area contributed by atoms with Crippen molar-refractivity contribution in [1.29, 1.82) is 0 Å². The van der Waals surface area contributed by atoms with Gasteiger partial charge in [0.1, 0.15) is 22.2 Å². The summed E-state index contributed by atoms with van der Waals surface area (Å²) in [6.45, 7) is 23.8. The predicted molar refractivity (Wildman–Crippen MR) is 396 cm³/mol. The van der Waals surface area contributed by atoms with Crippen LogP contribution in [-0.2, 0) is 55.2 Å². The Balaban J connectivity index is 0.000000167. The van der Waals surface area contributed by atoms with Crippen LogP contribution in [0.2, 0.25) is 5.15 Å². The number of nitrogens with zero attached hydrogens (tertiary/aromatic N) is 16. The number of oxazole rings is 1. The van der Waals surface area contributed by atoms with Gasteiger partial charge in [-0.05, 0) is 82.2 Å². The molecule has 0 aliphatic rings. The van der Waals surface area contributed by atoms with Crippen molar-refractivity contribution in [2.75, 3.05) is 0 Å². The number of H-pyrrole nitrogens is 5. The molecule has 522 valence electrons. The van der Waals surface area contributed by atoms with Gasteiger partial charge in [-0.3, -0.25) is 28.7 Å². The first kappa shape index (κ1) is 78.3. The van der Waals surface area contributed by atoms with Gasteiger partial charge in [0.05, 0.1) is 40.9 Å². The molecule has 0 amide bonds. The highest BCUT2D eigenvalue weighted by atomic mass is 35.5. The Labute approximate surface area is 608 Å². The van der Waals surface area contributed by atoms with E-state index < -0.39 is 0 Å². The van der Waals surface area contributed by atoms with Crippen LogP contribution in [0.5, 0.6) is 0 Å². The molecule has 0 saturated carbocycles. The Bertz CT molecular complexity index is 4640. The van der Waals surface area contributed by atoms with Gasteiger partial charge in [-0.2, -0.15) is 5.10 Å². The van der Waals surface area contributed by atoms with Crippen LogP contribution in [0.15, 0.2) is 139 Å². The normalized spacial score (nSPS) is 10.7. The highest BCUT2D eigenvalue weighted by molar-refractivity contribution is 7.99. The van der Waals surface area contributed by atoms with E-state index in [0.29, 0.717) is 54.0 Å². The summed E-state index contributed by atoms with van der Waals surface area (Å²) in [5, 5.41) is 10.9. The van der Waals surface area contributed by atoms with E-state index in [2.05, 4.69) is 101 Å². The summed E-state index contributed by atoms with van der Waals surface area (Å²) in [5.41, 5.74) is 9.33. The second kappa shape index (κ2) is 39.1. The van der Waals surface area contributed by atoms with E-state index in [4.69, 9.17) is 16.0 Å². The van der Waals surface area contributed by atoms with Crippen molar-refractivity contribution in [3.63, 3.8) is 0 Å². The molecule has 99 heavy (non-hydrogen) atoms. The first-order valence-electron chi connectivity index (χ1n) is 30.1. The highest BCUT2D eigenvalue weighted by Gasteiger charge is 2.11. The minimum atomic E-state index is -0.133. The molecule has 12 aromatic rings. The van der Waals surface area contributed by atoms with Gasteiger partial charge in [0.15, 0.2) is 36.8 Å². The molecule has 0 aromatic carbocycles. The first-order chi connectivity index (χ1) is 47.2. The number of thiazole rings is 2. The van der Waals surface area contributed by atoms with Crippen molar-refractivity contribution in [2.45, 2.75) is 155 Å². The van der Waals surface area contributed by atoms with Gasteiger partial charge < -0.3 is 38.5 Å². The van der Waals surface area contributed by atoms with E-state index in [9.17, 15) is 24.0 Å². The molecular weight excluding hydrogens is 1440 g/mol. The SMILES string of the molecule is CCn1cncc1CSc1nc(C)cc(=O)[nH]1.Cc1cc(=O)[nH]c(SCc2cnc(C)s2)n1.Cc1cc(=O)[nH]c(SCc2cnn(C)c2C)n1.Cc1cc(=O)[nH]c(SCc2coc(C)n2)n1.Cc1cc(=O)[nH]c(SCc2ncc(C)s2)n1.Cc1cc(C)nc(SCc2ncc(Cl)n2C)n1. The van der Waals surface area contributed by atoms with E-state index in [1.807, 2.05) is 123 Å². The van der Waals surface area contributed by atoms with Crippen LogP contribution in [0.4, 0.5) is 0 Å². The summed E-state index contributed by atoms with van der Waals surface area (Å²) >= 11 is 18.3. The van der Waals surface area contributed by atoms with E-state index in [0.717, 1.165) is 107 Å².